The first-order valence-corrected chi connectivity index (χ1v) is 6.63. The Balaban J connectivity index is 2.45. The molecule has 14 heavy (non-hydrogen) atoms. The summed E-state index contributed by atoms with van der Waals surface area (Å²) in [7, 11) is 0. The van der Waals surface area contributed by atoms with Gasteiger partial charge in [0.15, 0.2) is 0 Å². The van der Waals surface area contributed by atoms with Crippen molar-refractivity contribution in [1.82, 2.24) is 0 Å². The van der Waals surface area contributed by atoms with Crippen molar-refractivity contribution in [2.24, 2.45) is 0 Å². The Bertz CT molecular complexity index is 323. The molecular weight excluding hydrogens is 332 g/mol. The molecule has 0 aliphatic carbocycles. The van der Waals surface area contributed by atoms with Crippen molar-refractivity contribution in [1.29, 1.82) is 0 Å². The summed E-state index contributed by atoms with van der Waals surface area (Å²) in [6.45, 7) is 2.27. The number of ether oxygens (including phenoxy) is 1. The maximum Gasteiger partial charge on any atom is 0.306 e. The molecule has 0 N–H and O–H groups in total. The molecule has 0 aliphatic rings. The lowest BCUT2D eigenvalue weighted by Crippen LogP contribution is -2.04. The Labute approximate surface area is 104 Å². The molecule has 0 spiro atoms. The molecule has 0 fully saturated rings. The standard InChI is InChI=1S/C9H10Br2O2S/c1-2-13-8(12)4-3-6-5-7(10)14-9(6)11/h5H,2-4H2,1H3. The summed E-state index contributed by atoms with van der Waals surface area (Å²) < 4.78 is 7.00. The maximum atomic E-state index is 11.1. The molecule has 5 heteroatoms. The van der Waals surface area contributed by atoms with Crippen LogP contribution in [0.25, 0.3) is 0 Å². The van der Waals surface area contributed by atoms with Gasteiger partial charge in [0.1, 0.15) is 0 Å². The van der Waals surface area contributed by atoms with E-state index in [9.17, 15) is 4.79 Å². The molecule has 0 bridgehead atoms. The first-order chi connectivity index (χ1) is 6.63. The van der Waals surface area contributed by atoms with Crippen molar-refractivity contribution >= 4 is 49.2 Å². The van der Waals surface area contributed by atoms with Crippen molar-refractivity contribution in [2.75, 3.05) is 6.61 Å². The Morgan fingerprint density at radius 3 is 2.79 bits per heavy atom. The van der Waals surface area contributed by atoms with E-state index in [2.05, 4.69) is 31.9 Å². The van der Waals surface area contributed by atoms with Gasteiger partial charge in [0, 0.05) is 6.42 Å². The number of hydrogen-bond acceptors (Lipinski definition) is 3. The molecular formula is C9H10Br2O2S. The average Bonchev–Trinajstić information content (AvgIpc) is 2.42. The normalized spacial score (nSPS) is 10.2. The fraction of sp³-hybridized carbons (Fsp3) is 0.444. The van der Waals surface area contributed by atoms with Gasteiger partial charge < -0.3 is 4.74 Å². The highest BCUT2D eigenvalue weighted by Gasteiger charge is 2.08. The first-order valence-electron chi connectivity index (χ1n) is 4.22. The topological polar surface area (TPSA) is 26.3 Å². The van der Waals surface area contributed by atoms with Crippen LogP contribution in [0.3, 0.4) is 0 Å². The molecule has 0 saturated carbocycles. The third-order valence-electron chi connectivity index (χ3n) is 1.63. The van der Waals surface area contributed by atoms with Gasteiger partial charge in [0.05, 0.1) is 14.2 Å². The van der Waals surface area contributed by atoms with E-state index in [1.165, 1.54) is 0 Å². The van der Waals surface area contributed by atoms with E-state index in [1.807, 2.05) is 13.0 Å². The van der Waals surface area contributed by atoms with Crippen LogP contribution >= 0.6 is 43.2 Å². The molecule has 1 heterocycles. The second-order valence-corrected chi connectivity index (χ2v) is 6.40. The summed E-state index contributed by atoms with van der Waals surface area (Å²) in [6.07, 6.45) is 1.16. The second kappa shape index (κ2) is 5.88. The van der Waals surface area contributed by atoms with Crippen LogP contribution in [0.15, 0.2) is 13.6 Å². The number of esters is 1. The predicted octanol–water partition coefficient (Wildman–Crippen LogP) is 3.77. The van der Waals surface area contributed by atoms with Crippen LogP contribution in [0.1, 0.15) is 18.9 Å². The number of hydrogen-bond donors (Lipinski definition) is 0. The summed E-state index contributed by atoms with van der Waals surface area (Å²) in [6, 6.07) is 2.02. The van der Waals surface area contributed by atoms with Crippen molar-refractivity contribution in [3.63, 3.8) is 0 Å². The van der Waals surface area contributed by atoms with Crippen LogP contribution in [0, 0.1) is 0 Å². The van der Waals surface area contributed by atoms with Gasteiger partial charge in [0.2, 0.25) is 0 Å². The molecule has 0 atom stereocenters. The lowest BCUT2D eigenvalue weighted by atomic mass is 10.2. The van der Waals surface area contributed by atoms with E-state index in [0.717, 1.165) is 19.6 Å². The maximum absolute atomic E-state index is 11.1. The van der Waals surface area contributed by atoms with Crippen LogP contribution in [0.5, 0.6) is 0 Å². The highest BCUT2D eigenvalue weighted by atomic mass is 79.9. The smallest absolute Gasteiger partial charge is 0.306 e. The Hall–Kier alpha value is 0.130. The Morgan fingerprint density at radius 2 is 2.29 bits per heavy atom. The molecule has 0 unspecified atom stereocenters. The minimum atomic E-state index is -0.137. The number of rotatable bonds is 4. The fourth-order valence-electron chi connectivity index (χ4n) is 1.01. The SMILES string of the molecule is CCOC(=O)CCc1cc(Br)sc1Br. The number of carbonyl (C=O) groups excluding carboxylic acids is 1. The van der Waals surface area contributed by atoms with Gasteiger partial charge in [-0.15, -0.1) is 11.3 Å². The van der Waals surface area contributed by atoms with Gasteiger partial charge in [-0.1, -0.05) is 0 Å². The Morgan fingerprint density at radius 1 is 1.57 bits per heavy atom. The molecule has 0 saturated heterocycles. The molecule has 78 valence electrons. The van der Waals surface area contributed by atoms with Gasteiger partial charge >= 0.3 is 5.97 Å². The summed E-state index contributed by atoms with van der Waals surface area (Å²) >= 11 is 8.45. The van der Waals surface area contributed by atoms with Crippen LogP contribution in [-0.4, -0.2) is 12.6 Å². The van der Waals surface area contributed by atoms with Crippen LogP contribution in [-0.2, 0) is 16.0 Å². The number of aryl methyl sites for hydroxylation is 1. The van der Waals surface area contributed by atoms with Gasteiger partial charge in [-0.05, 0) is 56.8 Å². The molecule has 2 nitrogen and oxygen atoms in total. The van der Waals surface area contributed by atoms with Crippen LogP contribution < -0.4 is 0 Å². The third-order valence-corrected chi connectivity index (χ3v) is 4.09. The lowest BCUT2D eigenvalue weighted by molar-refractivity contribution is -0.143. The van der Waals surface area contributed by atoms with Crippen molar-refractivity contribution in [2.45, 2.75) is 19.8 Å². The van der Waals surface area contributed by atoms with E-state index >= 15 is 0 Å². The third kappa shape index (κ3) is 3.71. The lowest BCUT2D eigenvalue weighted by Gasteiger charge is -2.00. The van der Waals surface area contributed by atoms with E-state index in [1.54, 1.807) is 11.3 Å². The van der Waals surface area contributed by atoms with Crippen molar-refractivity contribution in [3.05, 3.63) is 19.2 Å². The molecule has 1 aromatic heterocycles. The molecule has 1 rings (SSSR count). The molecule has 0 aromatic carbocycles. The van der Waals surface area contributed by atoms with Gasteiger partial charge in [-0.3, -0.25) is 4.79 Å². The minimum Gasteiger partial charge on any atom is -0.466 e. The molecule has 0 aliphatic heterocycles. The fourth-order valence-corrected chi connectivity index (χ4v) is 3.93. The monoisotopic (exact) mass is 340 g/mol. The van der Waals surface area contributed by atoms with Crippen LogP contribution in [0.2, 0.25) is 0 Å². The summed E-state index contributed by atoms with van der Waals surface area (Å²) in [5, 5.41) is 0. The van der Waals surface area contributed by atoms with Crippen molar-refractivity contribution in [3.8, 4) is 0 Å². The first kappa shape index (κ1) is 12.2. The zero-order valence-electron chi connectivity index (χ0n) is 7.68. The molecule has 0 amide bonds. The number of carbonyl (C=O) groups is 1. The van der Waals surface area contributed by atoms with E-state index in [-0.39, 0.29) is 5.97 Å². The van der Waals surface area contributed by atoms with Crippen molar-refractivity contribution < 1.29 is 9.53 Å². The summed E-state index contributed by atoms with van der Waals surface area (Å²) in [4.78, 5) is 11.1. The zero-order chi connectivity index (χ0) is 10.6. The molecule has 1 aromatic rings. The molecule has 0 radical (unpaired) electrons. The van der Waals surface area contributed by atoms with E-state index in [0.29, 0.717) is 13.0 Å². The largest absolute Gasteiger partial charge is 0.466 e. The predicted molar refractivity (Wildman–Crippen MR) is 64.7 cm³/mol. The number of halogens is 2. The van der Waals surface area contributed by atoms with Gasteiger partial charge in [-0.25, -0.2) is 0 Å². The summed E-state index contributed by atoms with van der Waals surface area (Å²) in [5.41, 5.74) is 1.15. The minimum absolute atomic E-state index is 0.137. The Kier molecular flexibility index (Phi) is 5.12. The average molecular weight is 342 g/mol. The van der Waals surface area contributed by atoms with Crippen LogP contribution in [0.4, 0.5) is 0 Å². The zero-order valence-corrected chi connectivity index (χ0v) is 11.7. The highest BCUT2D eigenvalue weighted by molar-refractivity contribution is 9.12. The van der Waals surface area contributed by atoms with E-state index in [4.69, 9.17) is 4.74 Å². The quantitative estimate of drug-likeness (QED) is 0.779. The van der Waals surface area contributed by atoms with Gasteiger partial charge in [0.25, 0.3) is 0 Å². The second-order valence-electron chi connectivity index (χ2n) is 2.65. The van der Waals surface area contributed by atoms with Gasteiger partial charge in [-0.2, -0.15) is 0 Å². The van der Waals surface area contributed by atoms with E-state index < -0.39 is 0 Å². The summed E-state index contributed by atoms with van der Waals surface area (Å²) in [5.74, 6) is -0.137. The highest BCUT2D eigenvalue weighted by Crippen LogP contribution is 2.32. The number of thiophene rings is 1.